The fourth-order valence-electron chi connectivity index (χ4n) is 5.77. The van der Waals surface area contributed by atoms with Crippen molar-refractivity contribution in [3.05, 3.63) is 42.4 Å². The molecule has 0 spiro atoms. The molecule has 0 radical (unpaired) electrons. The van der Waals surface area contributed by atoms with Gasteiger partial charge in [-0.1, -0.05) is 30.3 Å². The van der Waals surface area contributed by atoms with Gasteiger partial charge in [0.15, 0.2) is 17.8 Å². The van der Waals surface area contributed by atoms with Gasteiger partial charge in [0, 0.05) is 11.1 Å². The van der Waals surface area contributed by atoms with Gasteiger partial charge in [-0.3, -0.25) is 4.79 Å². The first-order valence-electron chi connectivity index (χ1n) is 9.02. The van der Waals surface area contributed by atoms with Crippen molar-refractivity contribution in [3.63, 3.8) is 0 Å². The molecule has 0 aliphatic heterocycles. The molecule has 2 aromatic rings. The number of carbonyl (C=O) groups is 1. The van der Waals surface area contributed by atoms with Crippen LogP contribution in [0.15, 0.2) is 41.1 Å². The van der Waals surface area contributed by atoms with Gasteiger partial charge in [-0.15, -0.1) is 0 Å². The minimum absolute atomic E-state index is 0.00125. The van der Waals surface area contributed by atoms with Crippen LogP contribution >= 0.6 is 0 Å². The summed E-state index contributed by atoms with van der Waals surface area (Å²) in [6.45, 7) is 0. The van der Waals surface area contributed by atoms with Crippen LogP contribution in [0.2, 0.25) is 0 Å². The Bertz CT molecular complexity index is 730. The maximum absolute atomic E-state index is 13.0. The summed E-state index contributed by atoms with van der Waals surface area (Å²) < 4.78 is 5.52. The van der Waals surface area contributed by atoms with E-state index < -0.39 is 0 Å². The van der Waals surface area contributed by atoms with Gasteiger partial charge in [0.25, 0.3) is 5.91 Å². The highest BCUT2D eigenvalue weighted by Crippen LogP contribution is 2.55. The third-order valence-corrected chi connectivity index (χ3v) is 6.24. The maximum Gasteiger partial charge on any atom is 0.274 e. The van der Waals surface area contributed by atoms with Crippen LogP contribution in [0.25, 0.3) is 11.3 Å². The van der Waals surface area contributed by atoms with Crippen molar-refractivity contribution in [2.45, 2.75) is 44.1 Å². The summed E-state index contributed by atoms with van der Waals surface area (Å²) in [5, 5.41) is 3.38. The van der Waals surface area contributed by atoms with E-state index in [1.165, 1.54) is 25.7 Å². The number of amides is 1. The summed E-state index contributed by atoms with van der Waals surface area (Å²) in [7, 11) is 0. The summed E-state index contributed by atoms with van der Waals surface area (Å²) in [6, 6.07) is 9.73. The number of aromatic nitrogens is 1. The highest BCUT2D eigenvalue weighted by Gasteiger charge is 2.51. The van der Waals surface area contributed by atoms with Crippen molar-refractivity contribution >= 4 is 5.91 Å². The lowest BCUT2D eigenvalue weighted by molar-refractivity contribution is -0.0167. The predicted molar refractivity (Wildman–Crippen MR) is 90.3 cm³/mol. The van der Waals surface area contributed by atoms with Crippen LogP contribution in [-0.2, 0) is 0 Å². The zero-order valence-electron chi connectivity index (χ0n) is 13.7. The normalized spacial score (nSPS) is 33.6. The fourth-order valence-corrected chi connectivity index (χ4v) is 5.77. The standard InChI is InChI=1S/C20H22N2O2/c23-19(17-18(24-12-21-17)16-4-2-1-3-5-16)22-20-9-13-6-14(10-20)8-15(7-13)11-20/h1-5,12-15H,6-11H2,(H,22,23). The lowest BCUT2D eigenvalue weighted by Gasteiger charge is -2.56. The second-order valence-corrected chi connectivity index (χ2v) is 8.05. The Morgan fingerprint density at radius 1 is 1.04 bits per heavy atom. The van der Waals surface area contributed by atoms with Gasteiger partial charge in [-0.25, -0.2) is 4.98 Å². The van der Waals surface area contributed by atoms with Gasteiger partial charge in [-0.2, -0.15) is 0 Å². The van der Waals surface area contributed by atoms with Crippen molar-refractivity contribution in [2.24, 2.45) is 17.8 Å². The molecule has 1 aromatic carbocycles. The van der Waals surface area contributed by atoms with E-state index in [0.717, 1.165) is 42.6 Å². The molecule has 1 heterocycles. The number of carbonyl (C=O) groups excluding carboxylic acids is 1. The number of nitrogens with zero attached hydrogens (tertiary/aromatic N) is 1. The number of benzene rings is 1. The third kappa shape index (κ3) is 2.27. The molecule has 1 aromatic heterocycles. The SMILES string of the molecule is O=C(NC12CC3CC(CC(C3)C1)C2)c1ncoc1-c1ccccc1. The van der Waals surface area contributed by atoms with Gasteiger partial charge in [0.05, 0.1) is 0 Å². The quantitative estimate of drug-likeness (QED) is 0.928. The van der Waals surface area contributed by atoms with Gasteiger partial charge in [0.1, 0.15) is 0 Å². The van der Waals surface area contributed by atoms with Crippen LogP contribution < -0.4 is 5.32 Å². The molecular weight excluding hydrogens is 300 g/mol. The Morgan fingerprint density at radius 3 is 2.29 bits per heavy atom. The highest BCUT2D eigenvalue weighted by atomic mass is 16.3. The fraction of sp³-hybridized carbons (Fsp3) is 0.500. The number of hydrogen-bond acceptors (Lipinski definition) is 3. The molecule has 1 amide bonds. The summed E-state index contributed by atoms with van der Waals surface area (Å²) in [5.41, 5.74) is 1.31. The summed E-state index contributed by atoms with van der Waals surface area (Å²) in [6.07, 6.45) is 8.91. The van der Waals surface area contributed by atoms with Crippen molar-refractivity contribution < 1.29 is 9.21 Å². The first-order chi connectivity index (χ1) is 11.7. The summed E-state index contributed by atoms with van der Waals surface area (Å²) in [5.74, 6) is 2.91. The van der Waals surface area contributed by atoms with Gasteiger partial charge in [0.2, 0.25) is 0 Å². The zero-order valence-corrected chi connectivity index (χ0v) is 13.7. The van der Waals surface area contributed by atoms with Gasteiger partial charge < -0.3 is 9.73 Å². The van der Waals surface area contributed by atoms with E-state index in [1.807, 2.05) is 30.3 Å². The molecule has 1 N–H and O–H groups in total. The van der Waals surface area contributed by atoms with Crippen LogP contribution in [-0.4, -0.2) is 16.4 Å². The van der Waals surface area contributed by atoms with E-state index in [4.69, 9.17) is 4.42 Å². The van der Waals surface area contributed by atoms with Crippen molar-refractivity contribution in [1.29, 1.82) is 0 Å². The molecule has 4 saturated carbocycles. The zero-order chi connectivity index (χ0) is 16.1. The van der Waals surface area contributed by atoms with Crippen LogP contribution in [0, 0.1) is 17.8 Å². The van der Waals surface area contributed by atoms with E-state index >= 15 is 0 Å². The van der Waals surface area contributed by atoms with Crippen LogP contribution in [0.4, 0.5) is 0 Å². The van der Waals surface area contributed by atoms with Crippen LogP contribution in [0.1, 0.15) is 49.0 Å². The molecule has 24 heavy (non-hydrogen) atoms. The molecule has 124 valence electrons. The third-order valence-electron chi connectivity index (χ3n) is 6.24. The Labute approximate surface area is 141 Å². The average molecular weight is 322 g/mol. The lowest BCUT2D eigenvalue weighted by atomic mass is 9.53. The van der Waals surface area contributed by atoms with Crippen LogP contribution in [0.3, 0.4) is 0 Å². The molecule has 0 atom stereocenters. The first kappa shape index (κ1) is 14.3. The Hall–Kier alpha value is -2.10. The second kappa shape index (κ2) is 5.20. The average Bonchev–Trinajstić information content (AvgIpc) is 3.03. The van der Waals surface area contributed by atoms with Crippen molar-refractivity contribution in [1.82, 2.24) is 10.3 Å². The Morgan fingerprint density at radius 2 is 1.67 bits per heavy atom. The topological polar surface area (TPSA) is 55.1 Å². The molecule has 0 unspecified atom stereocenters. The highest BCUT2D eigenvalue weighted by molar-refractivity contribution is 5.98. The van der Waals surface area contributed by atoms with Crippen LogP contribution in [0.5, 0.6) is 0 Å². The largest absolute Gasteiger partial charge is 0.443 e. The number of oxazole rings is 1. The number of rotatable bonds is 3. The Kier molecular flexibility index (Phi) is 3.09. The molecular formula is C20H22N2O2. The molecule has 6 rings (SSSR count). The first-order valence-corrected chi connectivity index (χ1v) is 9.02. The molecule has 0 saturated heterocycles. The second-order valence-electron chi connectivity index (χ2n) is 8.05. The number of nitrogens with one attached hydrogen (secondary N) is 1. The number of hydrogen-bond donors (Lipinski definition) is 1. The monoisotopic (exact) mass is 322 g/mol. The minimum atomic E-state index is -0.0791. The van der Waals surface area contributed by atoms with Crippen molar-refractivity contribution in [3.8, 4) is 11.3 Å². The molecule has 4 aliphatic rings. The summed E-state index contributed by atoms with van der Waals surface area (Å²) in [4.78, 5) is 17.2. The van der Waals surface area contributed by atoms with E-state index in [2.05, 4.69) is 10.3 Å². The van der Waals surface area contributed by atoms with Gasteiger partial charge >= 0.3 is 0 Å². The van der Waals surface area contributed by atoms with E-state index in [-0.39, 0.29) is 11.4 Å². The van der Waals surface area contributed by atoms with Gasteiger partial charge in [-0.05, 0) is 56.3 Å². The van der Waals surface area contributed by atoms with E-state index in [0.29, 0.717) is 11.5 Å². The lowest BCUT2D eigenvalue weighted by Crippen LogP contribution is -2.59. The van der Waals surface area contributed by atoms with E-state index in [1.54, 1.807) is 0 Å². The summed E-state index contributed by atoms with van der Waals surface area (Å²) >= 11 is 0. The predicted octanol–water partition coefficient (Wildman–Crippen LogP) is 4.04. The smallest absolute Gasteiger partial charge is 0.274 e. The molecule has 4 fully saturated rings. The molecule has 4 heteroatoms. The van der Waals surface area contributed by atoms with E-state index in [9.17, 15) is 4.79 Å². The molecule has 4 bridgehead atoms. The van der Waals surface area contributed by atoms with Crippen molar-refractivity contribution in [2.75, 3.05) is 0 Å². The molecule has 4 aliphatic carbocycles. The maximum atomic E-state index is 13.0. The Balaban J connectivity index is 1.41. The molecule has 4 nitrogen and oxygen atoms in total. The minimum Gasteiger partial charge on any atom is -0.443 e.